The minimum absolute atomic E-state index is 0.677. The summed E-state index contributed by atoms with van der Waals surface area (Å²) in [4.78, 5) is 0. The average molecular weight is 610 g/mol. The Morgan fingerprint density at radius 1 is 0.375 bits per heavy atom. The van der Waals surface area contributed by atoms with Crippen molar-refractivity contribution in [2.45, 2.75) is 0 Å². The summed E-state index contributed by atoms with van der Waals surface area (Å²) in [5.74, 6) is 0. The van der Waals surface area contributed by atoms with E-state index >= 15 is 0 Å². The van der Waals surface area contributed by atoms with Crippen molar-refractivity contribution in [1.29, 1.82) is 5.26 Å². The van der Waals surface area contributed by atoms with Crippen LogP contribution in [0.1, 0.15) is 5.56 Å². The molecule has 3 heteroatoms. The molecule has 0 bridgehead atoms. The molecule has 10 aromatic rings. The first-order chi connectivity index (χ1) is 23.8. The molecule has 0 fully saturated rings. The van der Waals surface area contributed by atoms with Gasteiger partial charge in [0, 0.05) is 32.9 Å². The van der Waals surface area contributed by atoms with Gasteiger partial charge in [-0.05, 0) is 93.3 Å². The van der Waals surface area contributed by atoms with Crippen molar-refractivity contribution in [2.24, 2.45) is 0 Å². The van der Waals surface area contributed by atoms with Crippen molar-refractivity contribution in [3.8, 4) is 28.6 Å². The van der Waals surface area contributed by atoms with Crippen LogP contribution in [0.2, 0.25) is 0 Å². The Morgan fingerprint density at radius 2 is 0.938 bits per heavy atom. The summed E-state index contributed by atoms with van der Waals surface area (Å²) in [7, 11) is 0. The minimum atomic E-state index is 0.677. The van der Waals surface area contributed by atoms with Crippen LogP contribution in [0, 0.1) is 11.3 Å². The lowest BCUT2D eigenvalue weighted by Crippen LogP contribution is -1.94. The fourth-order valence-electron chi connectivity index (χ4n) is 7.88. The van der Waals surface area contributed by atoms with Crippen LogP contribution in [0.25, 0.3) is 87.7 Å². The van der Waals surface area contributed by atoms with Gasteiger partial charge in [-0.2, -0.15) is 5.26 Å². The van der Waals surface area contributed by atoms with E-state index < -0.39 is 0 Å². The van der Waals surface area contributed by atoms with E-state index in [2.05, 4.69) is 161 Å². The lowest BCUT2D eigenvalue weighted by atomic mass is 9.95. The molecule has 2 aromatic heterocycles. The first kappa shape index (κ1) is 26.6. The number of aromatic nitrogens is 2. The lowest BCUT2D eigenvalue weighted by Gasteiger charge is -2.12. The molecule has 0 saturated carbocycles. The van der Waals surface area contributed by atoms with Crippen molar-refractivity contribution < 1.29 is 0 Å². The number of para-hydroxylation sites is 3. The molecule has 0 unspecified atom stereocenters. The first-order valence-corrected chi connectivity index (χ1v) is 16.3. The van der Waals surface area contributed by atoms with Gasteiger partial charge in [0.2, 0.25) is 0 Å². The number of nitriles is 1. The molecule has 0 aliphatic rings. The number of rotatable bonds is 3. The third kappa shape index (κ3) is 3.75. The third-order valence-electron chi connectivity index (χ3n) is 9.91. The van der Waals surface area contributed by atoms with Crippen LogP contribution in [0.15, 0.2) is 164 Å². The number of nitrogens with zero attached hydrogens (tertiary/aromatic N) is 3. The van der Waals surface area contributed by atoms with Gasteiger partial charge < -0.3 is 9.13 Å². The summed E-state index contributed by atoms with van der Waals surface area (Å²) in [6.07, 6.45) is 0. The van der Waals surface area contributed by atoms with Crippen molar-refractivity contribution in [1.82, 2.24) is 9.13 Å². The Morgan fingerprint density at radius 3 is 1.60 bits per heavy atom. The van der Waals surface area contributed by atoms with E-state index in [1.54, 1.807) is 0 Å². The van der Waals surface area contributed by atoms with Crippen LogP contribution in [0.4, 0.5) is 0 Å². The monoisotopic (exact) mass is 609 g/mol. The molecule has 0 N–H and O–H groups in total. The lowest BCUT2D eigenvalue weighted by molar-refractivity contribution is 1.18. The van der Waals surface area contributed by atoms with Crippen LogP contribution < -0.4 is 0 Å². The molecule has 0 amide bonds. The second-order valence-corrected chi connectivity index (χ2v) is 12.5. The molecule has 2 heterocycles. The van der Waals surface area contributed by atoms with E-state index in [9.17, 15) is 5.26 Å². The molecule has 0 atom stereocenters. The topological polar surface area (TPSA) is 33.6 Å². The molecular weight excluding hydrogens is 583 g/mol. The van der Waals surface area contributed by atoms with Crippen LogP contribution in [0.3, 0.4) is 0 Å². The zero-order valence-electron chi connectivity index (χ0n) is 25.9. The quantitative estimate of drug-likeness (QED) is 0.183. The van der Waals surface area contributed by atoms with Crippen molar-refractivity contribution in [2.75, 3.05) is 0 Å². The summed E-state index contributed by atoms with van der Waals surface area (Å²) < 4.78 is 4.78. The van der Waals surface area contributed by atoms with E-state index in [4.69, 9.17) is 0 Å². The predicted molar refractivity (Wildman–Crippen MR) is 200 cm³/mol. The fourth-order valence-corrected chi connectivity index (χ4v) is 7.88. The summed E-state index contributed by atoms with van der Waals surface area (Å²) in [6, 6.07) is 60.8. The van der Waals surface area contributed by atoms with Crippen LogP contribution >= 0.6 is 0 Å². The molecule has 48 heavy (non-hydrogen) atoms. The maximum Gasteiger partial charge on any atom is 0.0991 e. The van der Waals surface area contributed by atoms with Gasteiger partial charge in [-0.25, -0.2) is 0 Å². The summed E-state index contributed by atoms with van der Waals surface area (Å²) in [5.41, 5.74) is 10.1. The largest absolute Gasteiger partial charge is 0.309 e. The van der Waals surface area contributed by atoms with E-state index in [1.165, 1.54) is 54.7 Å². The molecule has 0 aliphatic carbocycles. The zero-order chi connectivity index (χ0) is 31.8. The molecule has 0 radical (unpaired) electrons. The van der Waals surface area contributed by atoms with E-state index in [-0.39, 0.29) is 0 Å². The Balaban J connectivity index is 1.26. The number of fused-ring (bicyclic) bond motifs is 9. The highest BCUT2D eigenvalue weighted by Crippen LogP contribution is 2.44. The molecule has 0 spiro atoms. The molecular formula is C45H27N3. The van der Waals surface area contributed by atoms with Gasteiger partial charge >= 0.3 is 0 Å². The molecule has 0 aliphatic heterocycles. The van der Waals surface area contributed by atoms with Crippen molar-refractivity contribution >= 4 is 65.2 Å². The van der Waals surface area contributed by atoms with Gasteiger partial charge in [-0.3, -0.25) is 0 Å². The predicted octanol–water partition coefficient (Wildman–Crippen LogP) is 11.7. The highest BCUT2D eigenvalue weighted by atomic mass is 15.0. The molecule has 0 saturated heterocycles. The molecule has 3 nitrogen and oxygen atoms in total. The van der Waals surface area contributed by atoms with Crippen LogP contribution in [0.5, 0.6) is 0 Å². The second kappa shape index (κ2) is 10.2. The maximum absolute atomic E-state index is 9.55. The Bertz CT molecular complexity index is 2950. The second-order valence-electron chi connectivity index (χ2n) is 12.5. The molecule has 8 aromatic carbocycles. The molecule has 10 rings (SSSR count). The summed E-state index contributed by atoms with van der Waals surface area (Å²) in [6.45, 7) is 0. The van der Waals surface area contributed by atoms with E-state index in [0.29, 0.717) is 5.56 Å². The van der Waals surface area contributed by atoms with Crippen LogP contribution in [-0.4, -0.2) is 9.13 Å². The van der Waals surface area contributed by atoms with Crippen LogP contribution in [-0.2, 0) is 0 Å². The Hall–Kier alpha value is -6.63. The number of hydrogen-bond acceptors (Lipinski definition) is 1. The number of benzene rings is 8. The highest BCUT2D eigenvalue weighted by Gasteiger charge is 2.20. The minimum Gasteiger partial charge on any atom is -0.309 e. The standard InChI is InChI=1S/C45H27N3/c46-28-29-20-21-30-22-23-31-27-33(24-25-34(31)39(30)26-29)48-41-17-7-5-13-38(41)45-36(15-9-19-43(45)48)35-14-8-18-42-44(35)37-12-4-6-16-40(37)47(42)32-10-2-1-3-11-32/h1-27H. The summed E-state index contributed by atoms with van der Waals surface area (Å²) >= 11 is 0. The molecule has 222 valence electrons. The van der Waals surface area contributed by atoms with Gasteiger partial charge in [0.1, 0.15) is 0 Å². The smallest absolute Gasteiger partial charge is 0.0991 e. The Labute approximate surface area is 276 Å². The maximum atomic E-state index is 9.55. The third-order valence-corrected chi connectivity index (χ3v) is 9.91. The first-order valence-electron chi connectivity index (χ1n) is 16.3. The Kier molecular flexibility index (Phi) is 5.64. The van der Waals surface area contributed by atoms with Gasteiger partial charge in [0.25, 0.3) is 0 Å². The fraction of sp³-hybridized carbons (Fsp3) is 0. The van der Waals surface area contributed by atoms with Gasteiger partial charge in [0.15, 0.2) is 0 Å². The van der Waals surface area contributed by atoms with E-state index in [1.807, 2.05) is 18.2 Å². The highest BCUT2D eigenvalue weighted by molar-refractivity contribution is 6.22. The zero-order valence-corrected chi connectivity index (χ0v) is 25.9. The van der Waals surface area contributed by atoms with Crippen molar-refractivity contribution in [3.05, 3.63) is 169 Å². The van der Waals surface area contributed by atoms with E-state index in [0.717, 1.165) is 32.9 Å². The summed E-state index contributed by atoms with van der Waals surface area (Å²) in [5, 5.41) is 19.1. The van der Waals surface area contributed by atoms with Gasteiger partial charge in [-0.15, -0.1) is 0 Å². The van der Waals surface area contributed by atoms with Crippen molar-refractivity contribution in [3.63, 3.8) is 0 Å². The van der Waals surface area contributed by atoms with Gasteiger partial charge in [0.05, 0.1) is 33.7 Å². The van der Waals surface area contributed by atoms with Gasteiger partial charge in [-0.1, -0.05) is 103 Å². The SMILES string of the molecule is N#Cc1ccc2ccc3cc(-n4c5ccccc5c5c(-c6cccc7c6c6ccccc6n7-c6ccccc6)cccc54)ccc3c2c1. The normalized spacial score (nSPS) is 11.7. The number of hydrogen-bond donors (Lipinski definition) is 0. The average Bonchev–Trinajstić information content (AvgIpc) is 3.68.